The lowest BCUT2D eigenvalue weighted by atomic mass is 10.1. The predicted octanol–water partition coefficient (Wildman–Crippen LogP) is 3.18. The number of hydrogen-bond donors (Lipinski definition) is 1. The van der Waals surface area contributed by atoms with E-state index in [1.165, 1.54) is 5.56 Å². The fourth-order valence-corrected chi connectivity index (χ4v) is 3.17. The molecule has 0 aromatic carbocycles. The monoisotopic (exact) mass is 280 g/mol. The molecule has 2 aromatic heterocycles. The van der Waals surface area contributed by atoms with Crippen molar-refractivity contribution >= 4 is 11.3 Å². The third-order valence-corrected chi connectivity index (χ3v) is 4.19. The molecule has 0 bridgehead atoms. The van der Waals surface area contributed by atoms with Crippen molar-refractivity contribution in [1.29, 1.82) is 0 Å². The lowest BCUT2D eigenvalue weighted by molar-refractivity contribution is 0.202. The summed E-state index contributed by atoms with van der Waals surface area (Å²) < 4.78 is 7.15. The van der Waals surface area contributed by atoms with E-state index in [-0.39, 0.29) is 6.04 Å². The molecule has 5 heteroatoms. The molecular formula is C14H20N2O2S. The number of hydrogen-bond acceptors (Lipinski definition) is 4. The van der Waals surface area contributed by atoms with Crippen molar-refractivity contribution in [3.05, 3.63) is 33.8 Å². The molecule has 2 aromatic rings. The van der Waals surface area contributed by atoms with Crippen LogP contribution in [0.5, 0.6) is 5.75 Å². The van der Waals surface area contributed by atoms with Gasteiger partial charge in [0.25, 0.3) is 0 Å². The third-order valence-electron chi connectivity index (χ3n) is 3.18. The highest BCUT2D eigenvalue weighted by Crippen LogP contribution is 2.35. The molecule has 0 saturated heterocycles. The molecule has 1 unspecified atom stereocenters. The van der Waals surface area contributed by atoms with Crippen molar-refractivity contribution in [2.75, 3.05) is 7.11 Å². The Kier molecular flexibility index (Phi) is 4.27. The molecule has 19 heavy (non-hydrogen) atoms. The van der Waals surface area contributed by atoms with Crippen LogP contribution < -0.4 is 4.74 Å². The number of aryl methyl sites for hydroxylation is 1. The minimum Gasteiger partial charge on any atom is -0.493 e. The summed E-state index contributed by atoms with van der Waals surface area (Å²) in [7, 11) is 1.60. The topological polar surface area (TPSA) is 47.3 Å². The number of aliphatic hydroxyl groups excluding tert-OH is 1. The number of nitrogens with zero attached hydrogens (tertiary/aromatic N) is 2. The zero-order valence-corrected chi connectivity index (χ0v) is 12.6. The number of aromatic nitrogens is 2. The fourth-order valence-electron chi connectivity index (χ4n) is 2.19. The Hall–Kier alpha value is -1.33. The van der Waals surface area contributed by atoms with Gasteiger partial charge in [-0.3, -0.25) is 4.68 Å². The Morgan fingerprint density at radius 1 is 1.47 bits per heavy atom. The SMILES string of the molecule is CCc1ccsc1C(O)c1c(OC)cnn1C(C)C. The van der Waals surface area contributed by atoms with Crippen molar-refractivity contribution in [2.24, 2.45) is 0 Å². The minimum absolute atomic E-state index is 0.179. The van der Waals surface area contributed by atoms with Crippen molar-refractivity contribution in [2.45, 2.75) is 39.3 Å². The van der Waals surface area contributed by atoms with Crippen molar-refractivity contribution < 1.29 is 9.84 Å². The van der Waals surface area contributed by atoms with Gasteiger partial charge < -0.3 is 9.84 Å². The smallest absolute Gasteiger partial charge is 0.163 e. The quantitative estimate of drug-likeness (QED) is 0.915. The molecule has 0 aliphatic rings. The molecule has 104 valence electrons. The van der Waals surface area contributed by atoms with Gasteiger partial charge in [0.05, 0.1) is 13.3 Å². The predicted molar refractivity (Wildman–Crippen MR) is 76.9 cm³/mol. The van der Waals surface area contributed by atoms with E-state index in [9.17, 15) is 5.11 Å². The van der Waals surface area contributed by atoms with Crippen LogP contribution in [0.25, 0.3) is 0 Å². The zero-order valence-electron chi connectivity index (χ0n) is 11.8. The first kappa shape index (κ1) is 14.1. The fraction of sp³-hybridized carbons (Fsp3) is 0.500. The van der Waals surface area contributed by atoms with Crippen LogP contribution in [-0.4, -0.2) is 22.0 Å². The van der Waals surface area contributed by atoms with Crippen LogP contribution in [0, 0.1) is 0 Å². The zero-order chi connectivity index (χ0) is 14.0. The first-order valence-corrected chi connectivity index (χ1v) is 7.33. The summed E-state index contributed by atoms with van der Waals surface area (Å²) in [5.74, 6) is 0.636. The standard InChI is InChI=1S/C14H20N2O2S/c1-5-10-6-7-19-14(10)13(17)12-11(18-4)8-15-16(12)9(2)3/h6-9,13,17H,5H2,1-4H3. The van der Waals surface area contributed by atoms with Crippen LogP contribution in [0.3, 0.4) is 0 Å². The average molecular weight is 280 g/mol. The van der Waals surface area contributed by atoms with Gasteiger partial charge in [-0.15, -0.1) is 11.3 Å². The Balaban J connectivity index is 2.48. The first-order chi connectivity index (χ1) is 9.10. The van der Waals surface area contributed by atoms with Crippen molar-refractivity contribution in [3.8, 4) is 5.75 Å². The van der Waals surface area contributed by atoms with Crippen molar-refractivity contribution in [3.63, 3.8) is 0 Å². The molecule has 0 aliphatic heterocycles. The van der Waals surface area contributed by atoms with E-state index in [1.807, 2.05) is 23.9 Å². The largest absolute Gasteiger partial charge is 0.493 e. The van der Waals surface area contributed by atoms with Gasteiger partial charge in [0.2, 0.25) is 0 Å². The first-order valence-electron chi connectivity index (χ1n) is 6.45. The normalized spacial score (nSPS) is 12.9. The molecule has 0 saturated carbocycles. The maximum absolute atomic E-state index is 10.7. The lowest BCUT2D eigenvalue weighted by Gasteiger charge is -2.17. The highest BCUT2D eigenvalue weighted by atomic mass is 32.1. The maximum Gasteiger partial charge on any atom is 0.163 e. The van der Waals surface area contributed by atoms with E-state index in [1.54, 1.807) is 24.6 Å². The molecule has 0 amide bonds. The number of aliphatic hydroxyl groups is 1. The molecule has 4 nitrogen and oxygen atoms in total. The summed E-state index contributed by atoms with van der Waals surface area (Å²) in [5, 5.41) is 17.0. The van der Waals surface area contributed by atoms with Crippen LogP contribution in [0.15, 0.2) is 17.6 Å². The van der Waals surface area contributed by atoms with Gasteiger partial charge in [-0.2, -0.15) is 5.10 Å². The van der Waals surface area contributed by atoms with Gasteiger partial charge in [0.1, 0.15) is 11.8 Å². The Bertz CT molecular complexity index is 545. The van der Waals surface area contributed by atoms with Crippen LogP contribution in [0.2, 0.25) is 0 Å². The number of ether oxygens (including phenoxy) is 1. The van der Waals surface area contributed by atoms with E-state index in [4.69, 9.17) is 4.74 Å². The molecule has 0 radical (unpaired) electrons. The number of rotatable bonds is 5. The van der Waals surface area contributed by atoms with Gasteiger partial charge in [0.15, 0.2) is 5.75 Å². The second-order valence-corrected chi connectivity index (χ2v) is 5.65. The molecule has 0 aliphatic carbocycles. The van der Waals surface area contributed by atoms with Crippen LogP contribution >= 0.6 is 11.3 Å². The van der Waals surface area contributed by atoms with Gasteiger partial charge in [-0.05, 0) is 37.3 Å². The van der Waals surface area contributed by atoms with Crippen LogP contribution in [0.1, 0.15) is 49.1 Å². The third kappa shape index (κ3) is 2.53. The summed E-state index contributed by atoms with van der Waals surface area (Å²) in [5.41, 5.74) is 1.91. The molecule has 1 N–H and O–H groups in total. The minimum atomic E-state index is -0.685. The van der Waals surface area contributed by atoms with Gasteiger partial charge in [-0.1, -0.05) is 6.92 Å². The Morgan fingerprint density at radius 2 is 2.21 bits per heavy atom. The second-order valence-electron chi connectivity index (χ2n) is 4.70. The van der Waals surface area contributed by atoms with Gasteiger partial charge in [0, 0.05) is 10.9 Å². The Morgan fingerprint density at radius 3 is 2.79 bits per heavy atom. The number of methoxy groups -OCH3 is 1. The summed E-state index contributed by atoms with van der Waals surface area (Å²) in [6, 6.07) is 2.24. The lowest BCUT2D eigenvalue weighted by Crippen LogP contribution is -2.13. The van der Waals surface area contributed by atoms with Crippen molar-refractivity contribution in [1.82, 2.24) is 9.78 Å². The maximum atomic E-state index is 10.7. The summed E-state index contributed by atoms with van der Waals surface area (Å²) >= 11 is 1.57. The van der Waals surface area contributed by atoms with E-state index in [0.717, 1.165) is 17.0 Å². The molecule has 2 rings (SSSR count). The van der Waals surface area contributed by atoms with Crippen LogP contribution in [-0.2, 0) is 6.42 Å². The Labute approximate surface area is 117 Å². The molecular weight excluding hydrogens is 260 g/mol. The average Bonchev–Trinajstić information content (AvgIpc) is 3.03. The highest BCUT2D eigenvalue weighted by Gasteiger charge is 2.25. The number of thiophene rings is 1. The van der Waals surface area contributed by atoms with E-state index in [0.29, 0.717) is 5.75 Å². The van der Waals surface area contributed by atoms with Gasteiger partial charge >= 0.3 is 0 Å². The molecule has 0 spiro atoms. The van der Waals surface area contributed by atoms with Gasteiger partial charge in [-0.25, -0.2) is 0 Å². The molecule has 0 fully saturated rings. The second kappa shape index (κ2) is 5.75. The summed E-state index contributed by atoms with van der Waals surface area (Å²) in [6.07, 6.45) is 1.89. The highest BCUT2D eigenvalue weighted by molar-refractivity contribution is 7.10. The van der Waals surface area contributed by atoms with E-state index in [2.05, 4.69) is 18.1 Å². The molecule has 1 atom stereocenters. The summed E-state index contributed by atoms with van der Waals surface area (Å²) in [4.78, 5) is 0.975. The van der Waals surface area contributed by atoms with E-state index >= 15 is 0 Å². The van der Waals surface area contributed by atoms with Crippen LogP contribution in [0.4, 0.5) is 0 Å². The molecule has 2 heterocycles. The summed E-state index contributed by atoms with van der Waals surface area (Å²) in [6.45, 7) is 6.17. The van der Waals surface area contributed by atoms with E-state index < -0.39 is 6.10 Å².